The Hall–Kier alpha value is -3.41. The molecule has 44 heavy (non-hydrogen) atoms. The van der Waals surface area contributed by atoms with Gasteiger partial charge in [-0.25, -0.2) is 10.3 Å². The summed E-state index contributed by atoms with van der Waals surface area (Å²) in [6, 6.07) is 6.90. The van der Waals surface area contributed by atoms with Crippen LogP contribution in [0.1, 0.15) is 26.3 Å². The largest absolute Gasteiger partial charge is 0.533 e. The Morgan fingerprint density at radius 3 is 1.59 bits per heavy atom. The molecule has 0 aromatic heterocycles. The minimum Gasteiger partial charge on any atom is -0.426 e. The lowest BCUT2D eigenvalue weighted by atomic mass is 9.79. The maximum atomic E-state index is 14.7. The minimum atomic E-state index is -8.76. The highest BCUT2D eigenvalue weighted by atomic mass is 19.4. The quantitative estimate of drug-likeness (QED) is 0.136. The fourth-order valence-electron chi connectivity index (χ4n) is 3.16. The molecule has 1 aromatic rings. The van der Waals surface area contributed by atoms with Crippen molar-refractivity contribution in [1.82, 2.24) is 0 Å². The van der Waals surface area contributed by atoms with E-state index >= 15 is 0 Å². The van der Waals surface area contributed by atoms with Crippen molar-refractivity contribution < 1.29 is 89.0 Å². The zero-order chi connectivity index (χ0) is 35.2. The van der Waals surface area contributed by atoms with E-state index in [0.717, 1.165) is 0 Å². The summed E-state index contributed by atoms with van der Waals surface area (Å²) >= 11 is 0. The predicted octanol–water partition coefficient (Wildman–Crippen LogP) is 8.66. The molecule has 0 fully saturated rings. The van der Waals surface area contributed by atoms with Crippen LogP contribution in [0, 0.1) is 17.2 Å². The van der Waals surface area contributed by atoms with Gasteiger partial charge >= 0.3 is 53.8 Å². The topological polar surface area (TPSA) is 71.3 Å². The number of ether oxygens (including phenoxy) is 1. The number of carbonyl (C=O) groups is 1. The van der Waals surface area contributed by atoms with Gasteiger partial charge in [0.2, 0.25) is 0 Å². The molecule has 0 aliphatic carbocycles. The van der Waals surface area contributed by atoms with Gasteiger partial charge in [0, 0.05) is 0 Å². The number of para-hydroxylation sites is 1. The first-order valence-electron chi connectivity index (χ1n) is 11.1. The van der Waals surface area contributed by atoms with E-state index in [1.54, 1.807) is 6.07 Å². The summed E-state index contributed by atoms with van der Waals surface area (Å²) in [6.07, 6.45) is -10.3. The molecular weight excluding hydrogens is 663 g/mol. The van der Waals surface area contributed by atoms with Crippen molar-refractivity contribution in [3.63, 3.8) is 0 Å². The standard InChI is InChI=1S/C22H17F17N2O3/c1-10(14(2,3)43-13(42)44-41-12-7-5-4-6-11(12)8-9-40)15(23,24)16(25,26)17(27,28)18(29,30)19(31,32)20(33,34)21(35,36)22(37,38)39/h4-7,10,41H,8H2,1-3H3. The van der Waals surface area contributed by atoms with Crippen molar-refractivity contribution in [3.8, 4) is 6.07 Å². The zero-order valence-corrected chi connectivity index (χ0v) is 21.7. The molecule has 0 saturated carbocycles. The number of anilines is 1. The molecule has 5 nitrogen and oxygen atoms in total. The Balaban J connectivity index is 3.40. The third-order valence-corrected chi connectivity index (χ3v) is 6.21. The fraction of sp³-hybridized carbons (Fsp3) is 0.636. The second-order valence-corrected chi connectivity index (χ2v) is 9.44. The van der Waals surface area contributed by atoms with Gasteiger partial charge in [-0.15, -0.1) is 0 Å². The van der Waals surface area contributed by atoms with Crippen LogP contribution in [0.3, 0.4) is 0 Å². The second-order valence-electron chi connectivity index (χ2n) is 9.44. The van der Waals surface area contributed by atoms with Crippen LogP contribution in [0.2, 0.25) is 0 Å². The van der Waals surface area contributed by atoms with Crippen LogP contribution in [0.4, 0.5) is 85.1 Å². The Labute approximate surface area is 234 Å². The second kappa shape index (κ2) is 11.5. The van der Waals surface area contributed by atoms with Crippen LogP contribution in [-0.2, 0) is 16.0 Å². The number of hydrogen-bond acceptors (Lipinski definition) is 5. The van der Waals surface area contributed by atoms with Crippen molar-refractivity contribution >= 4 is 11.8 Å². The highest BCUT2D eigenvalue weighted by Crippen LogP contribution is 2.65. The highest BCUT2D eigenvalue weighted by Gasteiger charge is 2.95. The predicted molar refractivity (Wildman–Crippen MR) is 111 cm³/mol. The molecule has 1 atom stereocenters. The average Bonchev–Trinajstić information content (AvgIpc) is 2.86. The molecule has 1 aromatic carbocycles. The van der Waals surface area contributed by atoms with E-state index in [1.807, 2.05) is 5.48 Å². The molecule has 0 saturated heterocycles. The Morgan fingerprint density at radius 2 is 1.16 bits per heavy atom. The van der Waals surface area contributed by atoms with Crippen LogP contribution in [0.25, 0.3) is 0 Å². The first-order chi connectivity index (χ1) is 19.3. The van der Waals surface area contributed by atoms with Crippen LogP contribution in [-0.4, -0.2) is 59.4 Å². The molecule has 0 aliphatic heterocycles. The van der Waals surface area contributed by atoms with Gasteiger partial charge in [-0.05, 0) is 25.5 Å². The molecule has 22 heteroatoms. The van der Waals surface area contributed by atoms with E-state index in [-0.39, 0.29) is 38.4 Å². The van der Waals surface area contributed by atoms with E-state index in [4.69, 9.17) is 5.26 Å². The van der Waals surface area contributed by atoms with Crippen LogP contribution in [0.15, 0.2) is 24.3 Å². The number of rotatable bonds is 12. The van der Waals surface area contributed by atoms with Crippen molar-refractivity contribution in [2.75, 3.05) is 5.48 Å². The van der Waals surface area contributed by atoms with Gasteiger partial charge in [-0.2, -0.15) is 79.9 Å². The average molecular weight is 680 g/mol. The third kappa shape index (κ3) is 5.97. The summed E-state index contributed by atoms with van der Waals surface area (Å²) in [5.41, 5.74) is -1.37. The van der Waals surface area contributed by atoms with Crippen molar-refractivity contribution in [2.24, 2.45) is 5.92 Å². The van der Waals surface area contributed by atoms with Gasteiger partial charge in [-0.1, -0.05) is 25.1 Å². The molecule has 0 bridgehead atoms. The summed E-state index contributed by atoms with van der Waals surface area (Å²) < 4.78 is 235. The minimum absolute atomic E-state index is 0.135. The van der Waals surface area contributed by atoms with E-state index < -0.39 is 65.3 Å². The van der Waals surface area contributed by atoms with Gasteiger partial charge in [0.25, 0.3) is 0 Å². The van der Waals surface area contributed by atoms with Gasteiger partial charge < -0.3 is 9.57 Å². The summed E-state index contributed by atoms with van der Waals surface area (Å²) in [5, 5.41) is 8.74. The lowest BCUT2D eigenvalue weighted by molar-refractivity contribution is -0.464. The molecule has 0 amide bonds. The fourth-order valence-corrected chi connectivity index (χ4v) is 3.16. The SMILES string of the molecule is CC(C(C)(C)OC(=O)ONc1ccccc1CC#N)C(F)(F)C(F)(F)C(F)(F)C(F)(F)C(F)(F)C(F)(F)C(F)(F)C(F)(F)F. The number of halogens is 17. The normalized spacial score (nSPS) is 15.3. The molecule has 252 valence electrons. The third-order valence-electron chi connectivity index (χ3n) is 6.21. The van der Waals surface area contributed by atoms with E-state index in [0.29, 0.717) is 0 Å². The number of nitriles is 1. The molecule has 0 spiro atoms. The first kappa shape index (κ1) is 38.6. The summed E-state index contributed by atoms with van der Waals surface area (Å²) in [5.74, 6) is -61.3. The number of carbonyl (C=O) groups excluding carboxylic acids is 1. The molecule has 0 heterocycles. The van der Waals surface area contributed by atoms with Crippen molar-refractivity contribution in [2.45, 2.75) is 80.4 Å². The van der Waals surface area contributed by atoms with E-state index in [9.17, 15) is 79.4 Å². The number of benzene rings is 1. The van der Waals surface area contributed by atoms with Gasteiger partial charge in [0.05, 0.1) is 24.1 Å². The molecule has 1 N–H and O–H groups in total. The van der Waals surface area contributed by atoms with Crippen molar-refractivity contribution in [3.05, 3.63) is 29.8 Å². The number of alkyl halides is 17. The highest BCUT2D eigenvalue weighted by molar-refractivity contribution is 5.63. The van der Waals surface area contributed by atoms with Crippen LogP contribution in [0.5, 0.6) is 0 Å². The van der Waals surface area contributed by atoms with E-state index in [2.05, 4.69) is 9.57 Å². The van der Waals surface area contributed by atoms with Crippen LogP contribution < -0.4 is 5.48 Å². The number of nitrogens with zero attached hydrogens (tertiary/aromatic N) is 1. The monoisotopic (exact) mass is 680 g/mol. The van der Waals surface area contributed by atoms with Gasteiger partial charge in [-0.3, -0.25) is 0 Å². The summed E-state index contributed by atoms with van der Waals surface area (Å²) in [4.78, 5) is 16.2. The number of hydrogen-bond donors (Lipinski definition) is 1. The maximum Gasteiger partial charge on any atom is 0.533 e. The Kier molecular flexibility index (Phi) is 10.1. The van der Waals surface area contributed by atoms with E-state index in [1.165, 1.54) is 24.3 Å². The maximum absolute atomic E-state index is 14.7. The zero-order valence-electron chi connectivity index (χ0n) is 21.7. The Morgan fingerprint density at radius 1 is 0.750 bits per heavy atom. The molecule has 0 radical (unpaired) electrons. The van der Waals surface area contributed by atoms with Crippen LogP contribution >= 0.6 is 0 Å². The van der Waals surface area contributed by atoms with Gasteiger partial charge in [0.15, 0.2) is 0 Å². The Bertz CT molecular complexity index is 1240. The smallest absolute Gasteiger partial charge is 0.426 e. The molecular formula is C22H17F17N2O3. The summed E-state index contributed by atoms with van der Waals surface area (Å²) in [6.45, 7) is 0.237. The van der Waals surface area contributed by atoms with Crippen molar-refractivity contribution in [1.29, 1.82) is 5.26 Å². The lowest BCUT2D eigenvalue weighted by Crippen LogP contribution is -2.75. The number of nitrogens with one attached hydrogen (secondary N) is 1. The summed E-state index contributed by atoms with van der Waals surface area (Å²) in [7, 11) is 0. The first-order valence-corrected chi connectivity index (χ1v) is 11.1. The molecule has 0 aliphatic rings. The lowest BCUT2D eigenvalue weighted by Gasteiger charge is -2.45. The van der Waals surface area contributed by atoms with Gasteiger partial charge in [0.1, 0.15) is 5.60 Å². The molecule has 1 rings (SSSR count). The molecule has 1 unspecified atom stereocenters.